The summed E-state index contributed by atoms with van der Waals surface area (Å²) in [5.41, 5.74) is 0.483. The van der Waals surface area contributed by atoms with Crippen molar-refractivity contribution in [2.24, 2.45) is 0 Å². The molecular formula is C15H22N2O5S. The van der Waals surface area contributed by atoms with E-state index in [2.05, 4.69) is 10.0 Å². The molecule has 0 bridgehead atoms. The first-order valence-corrected chi connectivity index (χ1v) is 8.93. The van der Waals surface area contributed by atoms with Gasteiger partial charge in [0, 0.05) is 12.1 Å². The van der Waals surface area contributed by atoms with E-state index in [4.69, 9.17) is 5.11 Å². The molecule has 3 N–H and O–H groups in total. The summed E-state index contributed by atoms with van der Waals surface area (Å²) < 4.78 is 26.7. The van der Waals surface area contributed by atoms with Crippen molar-refractivity contribution < 1.29 is 23.1 Å². The van der Waals surface area contributed by atoms with Gasteiger partial charge in [-0.2, -0.15) is 4.72 Å². The Morgan fingerprint density at radius 1 is 1.17 bits per heavy atom. The molecular weight excluding hydrogens is 320 g/mol. The van der Waals surface area contributed by atoms with Crippen molar-refractivity contribution in [2.45, 2.75) is 50.5 Å². The summed E-state index contributed by atoms with van der Waals surface area (Å²) in [7, 11) is -3.93. The number of carbonyl (C=O) groups excluding carboxylic acids is 1. The standard InChI is InChI=1S/C15H22N2O5S/c1-3-5-6-13(15(19)20)17-23(21,22)12-9-7-11(8-10-12)16-14(18)4-2/h7-10,13,17H,3-6H2,1-2H3,(H,16,18)(H,19,20). The Balaban J connectivity index is 2.86. The molecule has 23 heavy (non-hydrogen) atoms. The molecule has 1 atom stereocenters. The number of unbranched alkanes of at least 4 members (excludes halogenated alkanes) is 1. The first-order valence-electron chi connectivity index (χ1n) is 7.45. The fourth-order valence-corrected chi connectivity index (χ4v) is 3.09. The first-order chi connectivity index (χ1) is 10.8. The van der Waals surface area contributed by atoms with E-state index in [1.54, 1.807) is 6.92 Å². The van der Waals surface area contributed by atoms with Gasteiger partial charge in [-0.3, -0.25) is 9.59 Å². The van der Waals surface area contributed by atoms with Crippen LogP contribution in [0.15, 0.2) is 29.2 Å². The predicted molar refractivity (Wildman–Crippen MR) is 86.6 cm³/mol. The summed E-state index contributed by atoms with van der Waals surface area (Å²) in [5, 5.41) is 11.7. The highest BCUT2D eigenvalue weighted by atomic mass is 32.2. The van der Waals surface area contributed by atoms with Gasteiger partial charge >= 0.3 is 5.97 Å². The van der Waals surface area contributed by atoms with E-state index in [1.165, 1.54) is 24.3 Å². The average molecular weight is 342 g/mol. The van der Waals surface area contributed by atoms with Gasteiger partial charge in [-0.15, -0.1) is 0 Å². The lowest BCUT2D eigenvalue weighted by atomic mass is 10.1. The molecule has 0 aliphatic heterocycles. The zero-order valence-corrected chi connectivity index (χ0v) is 14.0. The van der Waals surface area contributed by atoms with E-state index in [9.17, 15) is 18.0 Å². The van der Waals surface area contributed by atoms with Crippen LogP contribution in [0.3, 0.4) is 0 Å². The Morgan fingerprint density at radius 2 is 1.78 bits per heavy atom. The maximum atomic E-state index is 12.2. The number of nitrogens with one attached hydrogen (secondary N) is 2. The number of benzene rings is 1. The van der Waals surface area contributed by atoms with Crippen LogP contribution in [-0.2, 0) is 19.6 Å². The minimum atomic E-state index is -3.93. The highest BCUT2D eigenvalue weighted by Gasteiger charge is 2.24. The van der Waals surface area contributed by atoms with Crippen LogP contribution in [0.4, 0.5) is 5.69 Å². The van der Waals surface area contributed by atoms with Gasteiger partial charge in [-0.05, 0) is 30.7 Å². The molecule has 0 aliphatic carbocycles. The molecule has 1 aromatic rings. The Labute approximate surface area is 136 Å². The van der Waals surface area contributed by atoms with Gasteiger partial charge in [-0.1, -0.05) is 26.7 Å². The summed E-state index contributed by atoms with van der Waals surface area (Å²) in [6.07, 6.45) is 1.94. The summed E-state index contributed by atoms with van der Waals surface area (Å²) in [5.74, 6) is -1.38. The van der Waals surface area contributed by atoms with Gasteiger partial charge in [0.2, 0.25) is 15.9 Å². The number of rotatable bonds is 9. The van der Waals surface area contributed by atoms with Crippen molar-refractivity contribution in [1.82, 2.24) is 4.72 Å². The molecule has 0 spiro atoms. The van der Waals surface area contributed by atoms with Crippen LogP contribution in [0.1, 0.15) is 39.5 Å². The Bertz CT molecular complexity index is 640. The average Bonchev–Trinajstić information content (AvgIpc) is 2.51. The highest BCUT2D eigenvalue weighted by molar-refractivity contribution is 7.89. The van der Waals surface area contributed by atoms with Crippen LogP contribution < -0.4 is 10.0 Å². The molecule has 1 aromatic carbocycles. The van der Waals surface area contributed by atoms with Crippen LogP contribution in [-0.4, -0.2) is 31.4 Å². The number of carboxylic acids is 1. The molecule has 1 unspecified atom stereocenters. The summed E-state index contributed by atoms with van der Waals surface area (Å²) in [6.45, 7) is 3.61. The van der Waals surface area contributed by atoms with Gasteiger partial charge < -0.3 is 10.4 Å². The van der Waals surface area contributed by atoms with Crippen LogP contribution >= 0.6 is 0 Å². The number of sulfonamides is 1. The van der Waals surface area contributed by atoms with E-state index in [0.29, 0.717) is 18.5 Å². The lowest BCUT2D eigenvalue weighted by molar-refractivity contribution is -0.139. The second kappa shape index (κ2) is 8.64. The molecule has 0 fully saturated rings. The number of aliphatic carboxylic acids is 1. The monoisotopic (exact) mass is 342 g/mol. The first kappa shape index (κ1) is 19.1. The molecule has 0 saturated heterocycles. The summed E-state index contributed by atoms with van der Waals surface area (Å²) >= 11 is 0. The third-order valence-electron chi connectivity index (χ3n) is 3.21. The minimum absolute atomic E-state index is 0.0465. The molecule has 0 radical (unpaired) electrons. The van der Waals surface area contributed by atoms with Crippen LogP contribution in [0.2, 0.25) is 0 Å². The lowest BCUT2D eigenvalue weighted by Gasteiger charge is -2.14. The number of carboxylic acid groups (broad SMARTS) is 1. The normalized spacial score (nSPS) is 12.6. The van der Waals surface area contributed by atoms with Crippen molar-refractivity contribution in [3.63, 3.8) is 0 Å². The number of anilines is 1. The molecule has 0 aromatic heterocycles. The van der Waals surface area contributed by atoms with Gasteiger partial charge in [0.25, 0.3) is 0 Å². The van der Waals surface area contributed by atoms with Gasteiger partial charge in [0.15, 0.2) is 0 Å². The smallest absolute Gasteiger partial charge is 0.321 e. The van der Waals surface area contributed by atoms with Crippen molar-refractivity contribution in [1.29, 1.82) is 0 Å². The van der Waals surface area contributed by atoms with Gasteiger partial charge in [0.05, 0.1) is 4.90 Å². The molecule has 0 saturated carbocycles. The quantitative estimate of drug-likeness (QED) is 0.635. The van der Waals surface area contributed by atoms with E-state index in [1.807, 2.05) is 6.92 Å². The molecule has 128 valence electrons. The third kappa shape index (κ3) is 5.99. The summed E-state index contributed by atoms with van der Waals surface area (Å²) in [6, 6.07) is 4.42. The molecule has 1 rings (SSSR count). The van der Waals surface area contributed by atoms with Crippen LogP contribution in [0.25, 0.3) is 0 Å². The molecule has 0 heterocycles. The second-order valence-corrected chi connectivity index (χ2v) is 6.79. The number of hydrogen-bond donors (Lipinski definition) is 3. The highest BCUT2D eigenvalue weighted by Crippen LogP contribution is 2.15. The minimum Gasteiger partial charge on any atom is -0.480 e. The van der Waals surface area contributed by atoms with Crippen molar-refractivity contribution in [2.75, 3.05) is 5.32 Å². The number of carbonyl (C=O) groups is 2. The summed E-state index contributed by atoms with van der Waals surface area (Å²) in [4.78, 5) is 22.4. The lowest BCUT2D eigenvalue weighted by Crippen LogP contribution is -2.40. The Morgan fingerprint density at radius 3 is 2.26 bits per heavy atom. The van der Waals surface area contributed by atoms with E-state index >= 15 is 0 Å². The van der Waals surface area contributed by atoms with Crippen molar-refractivity contribution >= 4 is 27.6 Å². The topological polar surface area (TPSA) is 113 Å². The van der Waals surface area contributed by atoms with Crippen LogP contribution in [0.5, 0.6) is 0 Å². The molecule has 0 aliphatic rings. The zero-order valence-electron chi connectivity index (χ0n) is 13.2. The fraction of sp³-hybridized carbons (Fsp3) is 0.467. The zero-order chi connectivity index (χ0) is 17.5. The second-order valence-electron chi connectivity index (χ2n) is 5.08. The van der Waals surface area contributed by atoms with Crippen molar-refractivity contribution in [3.05, 3.63) is 24.3 Å². The van der Waals surface area contributed by atoms with Gasteiger partial charge in [0.1, 0.15) is 6.04 Å². The third-order valence-corrected chi connectivity index (χ3v) is 4.70. The van der Waals surface area contributed by atoms with E-state index < -0.39 is 22.0 Å². The number of hydrogen-bond acceptors (Lipinski definition) is 4. The van der Waals surface area contributed by atoms with Crippen molar-refractivity contribution in [3.8, 4) is 0 Å². The van der Waals surface area contributed by atoms with E-state index in [-0.39, 0.29) is 17.2 Å². The maximum Gasteiger partial charge on any atom is 0.321 e. The maximum absolute atomic E-state index is 12.2. The number of amides is 1. The van der Waals surface area contributed by atoms with Gasteiger partial charge in [-0.25, -0.2) is 8.42 Å². The predicted octanol–water partition coefficient (Wildman–Crippen LogP) is 1.96. The molecule has 1 amide bonds. The Hall–Kier alpha value is -1.93. The molecule has 8 heteroatoms. The van der Waals surface area contributed by atoms with E-state index in [0.717, 1.165) is 6.42 Å². The largest absolute Gasteiger partial charge is 0.480 e. The Kier molecular flexibility index (Phi) is 7.18. The fourth-order valence-electron chi connectivity index (χ4n) is 1.86. The van der Waals surface area contributed by atoms with Crippen LogP contribution in [0, 0.1) is 0 Å². The molecule has 7 nitrogen and oxygen atoms in total. The SMILES string of the molecule is CCCCC(NS(=O)(=O)c1ccc(NC(=O)CC)cc1)C(=O)O.